The first kappa shape index (κ1) is 12.9. The van der Waals surface area contributed by atoms with E-state index in [1.54, 1.807) is 6.92 Å². The number of carboxylic acids is 1. The van der Waals surface area contributed by atoms with Crippen LogP contribution in [0.3, 0.4) is 0 Å². The van der Waals surface area contributed by atoms with Crippen LogP contribution in [0.25, 0.3) is 0 Å². The average molecular weight is 202 g/mol. The van der Waals surface area contributed by atoms with Crippen LogP contribution in [-0.2, 0) is 9.59 Å². The number of rotatable bonds is 5. The molecule has 0 heterocycles. The summed E-state index contributed by atoms with van der Waals surface area (Å²) in [4.78, 5) is 21.7. The molecule has 0 saturated carbocycles. The van der Waals surface area contributed by atoms with Gasteiger partial charge in [0.2, 0.25) is 5.91 Å². The first-order valence-electron chi connectivity index (χ1n) is 4.62. The van der Waals surface area contributed by atoms with E-state index in [0.717, 1.165) is 0 Å². The molecule has 5 nitrogen and oxygen atoms in total. The molecule has 5 heteroatoms. The monoisotopic (exact) mass is 202 g/mol. The van der Waals surface area contributed by atoms with Crippen LogP contribution >= 0.6 is 0 Å². The Balaban J connectivity index is 4.23. The highest BCUT2D eigenvalue weighted by molar-refractivity contribution is 5.82. The summed E-state index contributed by atoms with van der Waals surface area (Å²) in [5.41, 5.74) is 5.36. The summed E-state index contributed by atoms with van der Waals surface area (Å²) < 4.78 is 0. The van der Waals surface area contributed by atoms with Gasteiger partial charge in [0.05, 0.1) is 12.5 Å². The Morgan fingerprint density at radius 2 is 1.86 bits per heavy atom. The zero-order valence-electron chi connectivity index (χ0n) is 8.78. The Morgan fingerprint density at radius 1 is 1.36 bits per heavy atom. The highest BCUT2D eigenvalue weighted by Crippen LogP contribution is 2.06. The lowest BCUT2D eigenvalue weighted by molar-refractivity contribution is -0.138. The van der Waals surface area contributed by atoms with Gasteiger partial charge >= 0.3 is 5.97 Å². The minimum Gasteiger partial charge on any atom is -0.481 e. The van der Waals surface area contributed by atoms with E-state index in [1.807, 2.05) is 13.8 Å². The maximum atomic E-state index is 11.2. The van der Waals surface area contributed by atoms with Crippen LogP contribution in [0.4, 0.5) is 0 Å². The molecular weight excluding hydrogens is 184 g/mol. The number of nitrogens with one attached hydrogen (secondary N) is 1. The van der Waals surface area contributed by atoms with Crippen molar-refractivity contribution < 1.29 is 14.7 Å². The van der Waals surface area contributed by atoms with Gasteiger partial charge in [-0.15, -0.1) is 0 Å². The predicted molar refractivity (Wildman–Crippen MR) is 52.7 cm³/mol. The lowest BCUT2D eigenvalue weighted by atomic mass is 10.0. The molecule has 14 heavy (non-hydrogen) atoms. The van der Waals surface area contributed by atoms with Gasteiger partial charge < -0.3 is 16.2 Å². The summed E-state index contributed by atoms with van der Waals surface area (Å²) in [5.74, 6) is -1.16. The summed E-state index contributed by atoms with van der Waals surface area (Å²) in [7, 11) is 0. The Kier molecular flexibility index (Phi) is 5.15. The summed E-state index contributed by atoms with van der Waals surface area (Å²) in [5, 5.41) is 11.2. The van der Waals surface area contributed by atoms with Crippen molar-refractivity contribution in [3.8, 4) is 0 Å². The van der Waals surface area contributed by atoms with Crippen LogP contribution in [0.15, 0.2) is 0 Å². The van der Waals surface area contributed by atoms with Gasteiger partial charge in [0.25, 0.3) is 0 Å². The molecule has 0 bridgehead atoms. The van der Waals surface area contributed by atoms with Gasteiger partial charge in [-0.25, -0.2) is 0 Å². The number of aliphatic carboxylic acids is 1. The molecule has 0 fully saturated rings. The lowest BCUT2D eigenvalue weighted by Gasteiger charge is -2.21. The molecule has 0 saturated heterocycles. The molecule has 2 unspecified atom stereocenters. The van der Waals surface area contributed by atoms with Crippen molar-refractivity contribution in [3.63, 3.8) is 0 Å². The van der Waals surface area contributed by atoms with E-state index in [1.165, 1.54) is 0 Å². The average Bonchev–Trinajstić information content (AvgIpc) is 2.01. The largest absolute Gasteiger partial charge is 0.481 e. The number of carbonyl (C=O) groups is 2. The third-order valence-corrected chi connectivity index (χ3v) is 1.94. The van der Waals surface area contributed by atoms with Crippen LogP contribution in [0.1, 0.15) is 27.2 Å². The molecule has 0 spiro atoms. The molecule has 82 valence electrons. The molecule has 0 radical (unpaired) electrons. The van der Waals surface area contributed by atoms with Crippen molar-refractivity contribution in [2.45, 2.75) is 39.3 Å². The Labute approximate surface area is 83.7 Å². The van der Waals surface area contributed by atoms with Crippen LogP contribution in [0, 0.1) is 5.92 Å². The van der Waals surface area contributed by atoms with Crippen LogP contribution in [-0.4, -0.2) is 29.1 Å². The number of carbonyl (C=O) groups excluding carboxylic acids is 1. The zero-order chi connectivity index (χ0) is 11.3. The lowest BCUT2D eigenvalue weighted by Crippen LogP contribution is -2.46. The van der Waals surface area contributed by atoms with E-state index in [4.69, 9.17) is 10.8 Å². The molecule has 1 amide bonds. The second-order valence-corrected chi connectivity index (χ2v) is 3.75. The van der Waals surface area contributed by atoms with E-state index in [0.29, 0.717) is 0 Å². The summed E-state index contributed by atoms with van der Waals surface area (Å²) in [6.07, 6.45) is -0.0733. The molecular formula is C9H18N2O3. The maximum absolute atomic E-state index is 11.2. The highest BCUT2D eigenvalue weighted by atomic mass is 16.4. The minimum absolute atomic E-state index is 0.0733. The molecule has 0 aromatic carbocycles. The molecule has 4 N–H and O–H groups in total. The van der Waals surface area contributed by atoms with Crippen LogP contribution in [0.2, 0.25) is 0 Å². The van der Waals surface area contributed by atoms with Gasteiger partial charge in [-0.2, -0.15) is 0 Å². The third-order valence-electron chi connectivity index (χ3n) is 1.94. The summed E-state index contributed by atoms with van der Waals surface area (Å²) >= 11 is 0. The first-order valence-corrected chi connectivity index (χ1v) is 4.62. The zero-order valence-corrected chi connectivity index (χ0v) is 8.78. The standard InChI is InChI=1S/C9H18N2O3/c1-5(2)7(4-8(12)13)11-9(14)6(3)10/h5-7H,4,10H2,1-3H3,(H,11,14)(H,12,13). The molecule has 0 aliphatic rings. The molecule has 0 aromatic heterocycles. The molecule has 0 rings (SSSR count). The quantitative estimate of drug-likeness (QED) is 0.582. The second-order valence-electron chi connectivity index (χ2n) is 3.75. The Bertz CT molecular complexity index is 214. The number of carboxylic acid groups (broad SMARTS) is 1. The van der Waals surface area contributed by atoms with Gasteiger partial charge in [-0.05, 0) is 12.8 Å². The van der Waals surface area contributed by atoms with Gasteiger partial charge in [-0.1, -0.05) is 13.8 Å². The van der Waals surface area contributed by atoms with Gasteiger partial charge in [0.15, 0.2) is 0 Å². The number of hydrogen-bond acceptors (Lipinski definition) is 3. The van der Waals surface area contributed by atoms with Gasteiger partial charge in [0.1, 0.15) is 0 Å². The number of hydrogen-bond donors (Lipinski definition) is 3. The van der Waals surface area contributed by atoms with Crippen molar-refractivity contribution in [2.24, 2.45) is 11.7 Å². The summed E-state index contributed by atoms with van der Waals surface area (Å²) in [6, 6.07) is -0.962. The SMILES string of the molecule is CC(N)C(=O)NC(CC(=O)O)C(C)C. The van der Waals surface area contributed by atoms with Crippen molar-refractivity contribution in [1.29, 1.82) is 0 Å². The second kappa shape index (κ2) is 5.59. The van der Waals surface area contributed by atoms with Crippen molar-refractivity contribution in [1.82, 2.24) is 5.32 Å². The van der Waals surface area contributed by atoms with E-state index >= 15 is 0 Å². The fourth-order valence-electron chi connectivity index (χ4n) is 0.956. The van der Waals surface area contributed by atoms with Gasteiger partial charge in [0, 0.05) is 6.04 Å². The molecule has 0 aliphatic heterocycles. The van der Waals surface area contributed by atoms with E-state index in [2.05, 4.69) is 5.32 Å². The fraction of sp³-hybridized carbons (Fsp3) is 0.778. The third kappa shape index (κ3) is 4.81. The molecule has 2 atom stereocenters. The van der Waals surface area contributed by atoms with E-state index in [9.17, 15) is 9.59 Å². The maximum Gasteiger partial charge on any atom is 0.305 e. The smallest absolute Gasteiger partial charge is 0.305 e. The topological polar surface area (TPSA) is 92.4 Å². The van der Waals surface area contributed by atoms with Crippen LogP contribution in [0.5, 0.6) is 0 Å². The van der Waals surface area contributed by atoms with Gasteiger partial charge in [-0.3, -0.25) is 9.59 Å². The number of amides is 1. The predicted octanol–water partition coefficient (Wildman–Crippen LogP) is -0.0509. The highest BCUT2D eigenvalue weighted by Gasteiger charge is 2.20. The summed E-state index contributed by atoms with van der Waals surface area (Å²) in [6.45, 7) is 5.28. The Hall–Kier alpha value is -1.10. The molecule has 0 aromatic rings. The normalized spacial score (nSPS) is 14.9. The van der Waals surface area contributed by atoms with Crippen molar-refractivity contribution in [2.75, 3.05) is 0 Å². The molecule has 0 aliphatic carbocycles. The fourth-order valence-corrected chi connectivity index (χ4v) is 0.956. The Morgan fingerprint density at radius 3 is 2.14 bits per heavy atom. The first-order chi connectivity index (χ1) is 6.34. The minimum atomic E-state index is -0.923. The van der Waals surface area contributed by atoms with Crippen LogP contribution < -0.4 is 11.1 Å². The van der Waals surface area contributed by atoms with E-state index < -0.39 is 12.0 Å². The van der Waals surface area contributed by atoms with Crippen molar-refractivity contribution in [3.05, 3.63) is 0 Å². The van der Waals surface area contributed by atoms with Crippen molar-refractivity contribution >= 4 is 11.9 Å². The number of nitrogens with two attached hydrogens (primary N) is 1. The van der Waals surface area contributed by atoms with E-state index in [-0.39, 0.29) is 24.3 Å².